The van der Waals surface area contributed by atoms with E-state index >= 15 is 0 Å². The summed E-state index contributed by atoms with van der Waals surface area (Å²) in [5, 5.41) is 0. The molecule has 0 saturated carbocycles. The molecule has 2 rings (SSSR count). The van der Waals surface area contributed by atoms with Gasteiger partial charge >= 0.3 is 0 Å². The number of anilines is 1. The normalized spacial score (nSPS) is 12.8. The molecule has 146 valence electrons. The second-order valence-corrected chi connectivity index (χ2v) is 6.40. The van der Waals surface area contributed by atoms with Crippen molar-refractivity contribution in [3.8, 4) is 11.5 Å². The van der Waals surface area contributed by atoms with Crippen molar-refractivity contribution in [2.24, 2.45) is 5.92 Å². The maximum atomic E-state index is 5.94. The summed E-state index contributed by atoms with van der Waals surface area (Å²) >= 11 is 0. The van der Waals surface area contributed by atoms with Gasteiger partial charge in [0.2, 0.25) is 0 Å². The highest BCUT2D eigenvalue weighted by atomic mass is 16.5. The third kappa shape index (κ3) is 7.69. The fourth-order valence-corrected chi connectivity index (χ4v) is 2.35. The van der Waals surface area contributed by atoms with Gasteiger partial charge in [-0.15, -0.1) is 0 Å². The van der Waals surface area contributed by atoms with Gasteiger partial charge in [0.05, 0.1) is 5.69 Å². The number of pyridine rings is 1. The van der Waals surface area contributed by atoms with Crippen LogP contribution in [-0.2, 0) is 0 Å². The van der Waals surface area contributed by atoms with Gasteiger partial charge in [-0.05, 0) is 43.0 Å². The minimum atomic E-state index is 0.496. The summed E-state index contributed by atoms with van der Waals surface area (Å²) in [5.41, 5.74) is 9.91. The van der Waals surface area contributed by atoms with Crippen LogP contribution in [0.3, 0.4) is 0 Å². The Labute approximate surface area is 165 Å². The number of ether oxygens (including phenoxy) is 1. The lowest BCUT2D eigenvalue weighted by Crippen LogP contribution is -1.94. The fraction of sp³-hybridized carbons (Fsp3) is 0.375. The number of aromatic nitrogens is 1. The molecular weight excluding hydrogens is 332 g/mol. The van der Waals surface area contributed by atoms with Crippen LogP contribution in [0, 0.1) is 5.92 Å². The molecule has 0 bridgehead atoms. The molecule has 0 amide bonds. The van der Waals surface area contributed by atoms with Crippen molar-refractivity contribution in [3.05, 3.63) is 66.0 Å². The molecule has 3 nitrogen and oxygen atoms in total. The molecule has 1 unspecified atom stereocenters. The number of nitrogens with two attached hydrogens (primary N) is 1. The molecule has 1 aromatic carbocycles. The first kappa shape index (κ1) is 22.5. The van der Waals surface area contributed by atoms with E-state index in [2.05, 4.69) is 44.8 Å². The first-order valence-electron chi connectivity index (χ1n) is 9.90. The Morgan fingerprint density at radius 1 is 1.15 bits per heavy atom. The summed E-state index contributed by atoms with van der Waals surface area (Å²) in [5.74, 6) is 1.98. The molecule has 3 heteroatoms. The van der Waals surface area contributed by atoms with Crippen LogP contribution in [0.25, 0.3) is 5.57 Å². The van der Waals surface area contributed by atoms with Crippen LogP contribution < -0.4 is 10.5 Å². The van der Waals surface area contributed by atoms with E-state index < -0.39 is 0 Å². The van der Waals surface area contributed by atoms with E-state index in [1.54, 1.807) is 6.20 Å². The molecule has 0 fully saturated rings. The summed E-state index contributed by atoms with van der Waals surface area (Å²) in [4.78, 5) is 4.56. The Balaban J connectivity index is 0.00000176. The van der Waals surface area contributed by atoms with Crippen molar-refractivity contribution >= 4 is 11.3 Å². The fourth-order valence-electron chi connectivity index (χ4n) is 2.35. The molecule has 27 heavy (non-hydrogen) atoms. The summed E-state index contributed by atoms with van der Waals surface area (Å²) in [7, 11) is 0. The van der Waals surface area contributed by atoms with Gasteiger partial charge < -0.3 is 10.5 Å². The molecule has 2 aromatic rings. The van der Waals surface area contributed by atoms with Gasteiger partial charge in [0, 0.05) is 24.0 Å². The first-order valence-corrected chi connectivity index (χ1v) is 9.90. The zero-order chi connectivity index (χ0) is 20.2. The van der Waals surface area contributed by atoms with Gasteiger partial charge in [0.25, 0.3) is 0 Å². The van der Waals surface area contributed by atoms with Crippen molar-refractivity contribution in [2.75, 3.05) is 5.73 Å². The van der Waals surface area contributed by atoms with Gasteiger partial charge in [0.1, 0.15) is 11.5 Å². The third-order valence-electron chi connectivity index (χ3n) is 4.19. The van der Waals surface area contributed by atoms with Crippen molar-refractivity contribution in [2.45, 2.75) is 54.4 Å². The van der Waals surface area contributed by atoms with E-state index in [0.717, 1.165) is 35.6 Å². The average molecular weight is 367 g/mol. The van der Waals surface area contributed by atoms with E-state index in [4.69, 9.17) is 10.5 Å². The Kier molecular flexibility index (Phi) is 9.95. The smallest absolute Gasteiger partial charge is 0.131 e. The highest BCUT2D eigenvalue weighted by Crippen LogP contribution is 2.27. The highest BCUT2D eigenvalue weighted by molar-refractivity contribution is 5.73. The van der Waals surface area contributed by atoms with Gasteiger partial charge in [-0.25, -0.2) is 0 Å². The van der Waals surface area contributed by atoms with Crippen LogP contribution in [0.2, 0.25) is 0 Å². The second-order valence-electron chi connectivity index (χ2n) is 6.40. The molecule has 0 saturated heterocycles. The van der Waals surface area contributed by atoms with Crippen molar-refractivity contribution < 1.29 is 4.74 Å². The molecular formula is C24H34N2O. The van der Waals surface area contributed by atoms with Crippen LogP contribution in [0.1, 0.15) is 60.1 Å². The van der Waals surface area contributed by atoms with Gasteiger partial charge in [-0.1, -0.05) is 64.8 Å². The predicted molar refractivity (Wildman–Crippen MR) is 118 cm³/mol. The van der Waals surface area contributed by atoms with Crippen LogP contribution in [0.5, 0.6) is 11.5 Å². The van der Waals surface area contributed by atoms with E-state index in [1.165, 1.54) is 5.57 Å². The van der Waals surface area contributed by atoms with Crippen molar-refractivity contribution in [1.29, 1.82) is 0 Å². The van der Waals surface area contributed by atoms with E-state index in [1.807, 2.05) is 50.2 Å². The lowest BCUT2D eigenvalue weighted by atomic mass is 10.00. The number of allylic oxidation sites excluding steroid dienone is 4. The van der Waals surface area contributed by atoms with Gasteiger partial charge in [-0.3, -0.25) is 4.98 Å². The number of benzene rings is 1. The zero-order valence-corrected chi connectivity index (χ0v) is 17.6. The molecule has 0 aliphatic rings. The van der Waals surface area contributed by atoms with E-state index in [9.17, 15) is 0 Å². The van der Waals surface area contributed by atoms with Crippen molar-refractivity contribution in [1.82, 2.24) is 4.98 Å². The number of hydrogen-bond acceptors (Lipinski definition) is 3. The third-order valence-corrected chi connectivity index (χ3v) is 4.19. The summed E-state index contributed by atoms with van der Waals surface area (Å²) in [6.07, 6.45) is 8.42. The molecule has 1 heterocycles. The van der Waals surface area contributed by atoms with Crippen LogP contribution in [0.4, 0.5) is 5.69 Å². The zero-order valence-electron chi connectivity index (χ0n) is 17.6. The number of nitrogens with zero attached hydrogens (tertiary/aromatic N) is 1. The lowest BCUT2D eigenvalue weighted by Gasteiger charge is -2.11. The maximum Gasteiger partial charge on any atom is 0.131 e. The Morgan fingerprint density at radius 3 is 2.48 bits per heavy atom. The number of rotatable bonds is 7. The average Bonchev–Trinajstić information content (AvgIpc) is 2.69. The van der Waals surface area contributed by atoms with Crippen LogP contribution >= 0.6 is 0 Å². The largest absolute Gasteiger partial charge is 0.457 e. The van der Waals surface area contributed by atoms with E-state index in [0.29, 0.717) is 11.6 Å². The number of hydrogen-bond donors (Lipinski definition) is 1. The minimum Gasteiger partial charge on any atom is -0.457 e. The topological polar surface area (TPSA) is 48.1 Å². The highest BCUT2D eigenvalue weighted by Gasteiger charge is 2.07. The summed E-state index contributed by atoms with van der Waals surface area (Å²) < 4.78 is 5.94. The molecule has 0 spiro atoms. The maximum absolute atomic E-state index is 5.94. The second kappa shape index (κ2) is 11.9. The van der Waals surface area contributed by atoms with Gasteiger partial charge in [0.15, 0.2) is 0 Å². The van der Waals surface area contributed by atoms with Gasteiger partial charge in [-0.2, -0.15) is 0 Å². The summed E-state index contributed by atoms with van der Waals surface area (Å²) in [6.45, 7) is 12.7. The van der Waals surface area contributed by atoms with Crippen molar-refractivity contribution in [3.63, 3.8) is 0 Å². The summed E-state index contributed by atoms with van der Waals surface area (Å²) in [6, 6.07) is 11.3. The number of nitrogen functional groups attached to an aromatic ring is 1. The molecule has 1 atom stereocenters. The molecule has 0 radical (unpaired) electrons. The Bertz CT molecular complexity index is 762. The molecule has 1 aromatic heterocycles. The SMILES string of the molecule is CC.CCC(C)=C/C(=C\C(C)CC)c1cc(Oc2cccc(N)c2)ccn1. The first-order chi connectivity index (χ1) is 13.0. The van der Waals surface area contributed by atoms with Crippen LogP contribution in [0.15, 0.2) is 60.3 Å². The predicted octanol–water partition coefficient (Wildman–Crippen LogP) is 7.27. The quantitative estimate of drug-likeness (QED) is 0.414. The standard InChI is InChI=1S/C22H28N2O.C2H6/c1-5-16(3)12-18(13-17(4)6-2)22-15-21(10-11-24-22)25-20-9-7-8-19(23)14-20;1-2/h7-16H,5-6,23H2,1-4H3;1-2H3/b17-13?,18-12+;. The Hall–Kier alpha value is -2.55. The molecule has 0 aliphatic carbocycles. The minimum absolute atomic E-state index is 0.496. The lowest BCUT2D eigenvalue weighted by molar-refractivity contribution is 0.482. The molecule has 2 N–H and O–H groups in total. The van der Waals surface area contributed by atoms with E-state index in [-0.39, 0.29) is 0 Å². The molecule has 0 aliphatic heterocycles. The monoisotopic (exact) mass is 366 g/mol. The Morgan fingerprint density at radius 2 is 1.85 bits per heavy atom. The van der Waals surface area contributed by atoms with Crippen LogP contribution in [-0.4, -0.2) is 4.98 Å².